The first-order valence-electron chi connectivity index (χ1n) is 8.48. The summed E-state index contributed by atoms with van der Waals surface area (Å²) in [6, 6.07) is 7.54. The normalized spacial score (nSPS) is 14.5. The number of ether oxygens (including phenoxy) is 2. The third-order valence-corrected chi connectivity index (χ3v) is 3.95. The highest BCUT2D eigenvalue weighted by Crippen LogP contribution is 2.23. The number of likely N-dealkylation sites (tertiary alicyclic amines) is 1. The Balaban J connectivity index is 1.59. The van der Waals surface area contributed by atoms with Crippen LogP contribution in [0.25, 0.3) is 10.9 Å². The number of H-pyrrole nitrogens is 1. The van der Waals surface area contributed by atoms with Gasteiger partial charge >= 0.3 is 6.09 Å². The zero-order chi connectivity index (χ0) is 18.0. The Kier molecular flexibility index (Phi) is 4.83. The number of nitrogens with zero attached hydrogens (tertiary/aromatic N) is 1. The number of carbonyl (C=O) groups excluding carboxylic acids is 2. The quantitative estimate of drug-likeness (QED) is 0.872. The van der Waals surface area contributed by atoms with Crippen molar-refractivity contribution in [3.8, 4) is 5.75 Å². The molecular formula is C18H23N3O4. The van der Waals surface area contributed by atoms with Crippen LogP contribution in [0, 0.1) is 0 Å². The highest BCUT2D eigenvalue weighted by atomic mass is 16.6. The summed E-state index contributed by atoms with van der Waals surface area (Å²) in [4.78, 5) is 28.9. The van der Waals surface area contributed by atoms with Gasteiger partial charge in [0.1, 0.15) is 17.5 Å². The molecule has 1 aromatic carbocycles. The predicted molar refractivity (Wildman–Crippen MR) is 93.9 cm³/mol. The van der Waals surface area contributed by atoms with Crippen LogP contribution >= 0.6 is 0 Å². The van der Waals surface area contributed by atoms with E-state index in [4.69, 9.17) is 9.47 Å². The molecule has 0 saturated carbocycles. The van der Waals surface area contributed by atoms with Crippen molar-refractivity contribution < 1.29 is 19.1 Å². The standard InChI is InChI=1S/C18H23N3O4/c1-4-24-13-6-5-12-7-16(20-15(12)8-13)17(22)21-9-14(10-21)25-18(23)19-11(2)3/h5-8,11,14,20H,4,9-10H2,1-3H3,(H,19,23). The van der Waals surface area contributed by atoms with Gasteiger partial charge in [-0.2, -0.15) is 0 Å². The Morgan fingerprint density at radius 3 is 2.76 bits per heavy atom. The molecule has 3 rings (SSSR count). The molecule has 2 amide bonds. The molecule has 7 heteroatoms. The highest BCUT2D eigenvalue weighted by molar-refractivity contribution is 5.98. The molecule has 1 aromatic heterocycles. The van der Waals surface area contributed by atoms with Crippen LogP contribution in [0.2, 0.25) is 0 Å². The summed E-state index contributed by atoms with van der Waals surface area (Å²) in [6.07, 6.45) is -0.696. The van der Waals surface area contributed by atoms with Gasteiger partial charge < -0.3 is 24.7 Å². The van der Waals surface area contributed by atoms with Crippen LogP contribution < -0.4 is 10.1 Å². The second-order valence-corrected chi connectivity index (χ2v) is 6.40. The number of benzene rings is 1. The van der Waals surface area contributed by atoms with Crippen molar-refractivity contribution in [3.05, 3.63) is 30.0 Å². The molecule has 2 aromatic rings. The lowest BCUT2D eigenvalue weighted by Gasteiger charge is -2.38. The summed E-state index contributed by atoms with van der Waals surface area (Å²) >= 11 is 0. The van der Waals surface area contributed by atoms with Gasteiger partial charge in [0, 0.05) is 23.0 Å². The number of nitrogens with one attached hydrogen (secondary N) is 2. The van der Waals surface area contributed by atoms with Crippen molar-refractivity contribution in [1.82, 2.24) is 15.2 Å². The molecule has 2 N–H and O–H groups in total. The van der Waals surface area contributed by atoms with E-state index in [9.17, 15) is 9.59 Å². The van der Waals surface area contributed by atoms with Gasteiger partial charge in [-0.05, 0) is 39.0 Å². The number of amides is 2. The molecule has 1 aliphatic rings. The average molecular weight is 345 g/mol. The Morgan fingerprint density at radius 1 is 1.32 bits per heavy atom. The maximum Gasteiger partial charge on any atom is 0.407 e. The summed E-state index contributed by atoms with van der Waals surface area (Å²) in [5, 5.41) is 3.62. The molecular weight excluding hydrogens is 322 g/mol. The second kappa shape index (κ2) is 7.04. The fraction of sp³-hybridized carbons (Fsp3) is 0.444. The van der Waals surface area contributed by atoms with E-state index in [1.807, 2.05) is 45.0 Å². The maximum absolute atomic E-state index is 12.5. The van der Waals surface area contributed by atoms with Crippen LogP contribution in [0.4, 0.5) is 4.79 Å². The Bertz CT molecular complexity index is 778. The average Bonchev–Trinajstić information content (AvgIpc) is 2.92. The van der Waals surface area contributed by atoms with E-state index in [1.54, 1.807) is 4.90 Å². The first kappa shape index (κ1) is 17.1. The van der Waals surface area contributed by atoms with Crippen LogP contribution in [0.3, 0.4) is 0 Å². The smallest absolute Gasteiger partial charge is 0.407 e. The van der Waals surface area contributed by atoms with Crippen LogP contribution in [0.1, 0.15) is 31.3 Å². The van der Waals surface area contributed by atoms with E-state index in [0.29, 0.717) is 25.4 Å². The molecule has 2 heterocycles. The number of aromatic nitrogens is 1. The molecule has 134 valence electrons. The molecule has 1 fully saturated rings. The van der Waals surface area contributed by atoms with Crippen molar-refractivity contribution in [2.45, 2.75) is 32.9 Å². The van der Waals surface area contributed by atoms with Gasteiger partial charge in [0.15, 0.2) is 0 Å². The van der Waals surface area contributed by atoms with Gasteiger partial charge in [0.25, 0.3) is 5.91 Å². The monoisotopic (exact) mass is 345 g/mol. The largest absolute Gasteiger partial charge is 0.494 e. The lowest BCUT2D eigenvalue weighted by atomic mass is 10.1. The molecule has 0 spiro atoms. The number of carbonyl (C=O) groups is 2. The number of rotatable bonds is 5. The number of hydrogen-bond donors (Lipinski definition) is 2. The zero-order valence-electron chi connectivity index (χ0n) is 14.7. The number of fused-ring (bicyclic) bond motifs is 1. The van der Waals surface area contributed by atoms with Crippen LogP contribution in [0.5, 0.6) is 5.75 Å². The first-order chi connectivity index (χ1) is 12.0. The summed E-state index contributed by atoms with van der Waals surface area (Å²) < 4.78 is 10.7. The minimum absolute atomic E-state index is 0.0261. The van der Waals surface area contributed by atoms with Crippen LogP contribution in [-0.2, 0) is 4.74 Å². The molecule has 7 nitrogen and oxygen atoms in total. The van der Waals surface area contributed by atoms with Gasteiger partial charge in [0.05, 0.1) is 19.7 Å². The first-order valence-corrected chi connectivity index (χ1v) is 8.48. The second-order valence-electron chi connectivity index (χ2n) is 6.40. The van der Waals surface area contributed by atoms with Crippen molar-refractivity contribution in [1.29, 1.82) is 0 Å². The molecule has 0 radical (unpaired) electrons. The number of hydrogen-bond acceptors (Lipinski definition) is 4. The van der Waals surface area contributed by atoms with Gasteiger partial charge in [0.2, 0.25) is 0 Å². The van der Waals surface area contributed by atoms with E-state index in [2.05, 4.69) is 10.3 Å². The number of alkyl carbamates (subject to hydrolysis) is 1. The van der Waals surface area contributed by atoms with E-state index in [1.165, 1.54) is 0 Å². The van der Waals surface area contributed by atoms with Crippen molar-refractivity contribution in [2.24, 2.45) is 0 Å². The Hall–Kier alpha value is -2.70. The fourth-order valence-corrected chi connectivity index (χ4v) is 2.75. The van der Waals surface area contributed by atoms with Gasteiger partial charge in [-0.15, -0.1) is 0 Å². The molecule has 0 atom stereocenters. The summed E-state index contributed by atoms with van der Waals surface area (Å²) in [5.74, 6) is 0.669. The van der Waals surface area contributed by atoms with Gasteiger partial charge in [-0.3, -0.25) is 4.79 Å². The summed E-state index contributed by atoms with van der Waals surface area (Å²) in [6.45, 7) is 7.07. The Labute approximate surface area is 146 Å². The molecule has 1 saturated heterocycles. The third kappa shape index (κ3) is 3.87. The molecule has 0 aliphatic carbocycles. The maximum atomic E-state index is 12.5. The van der Waals surface area contributed by atoms with E-state index >= 15 is 0 Å². The van der Waals surface area contributed by atoms with Gasteiger partial charge in [-0.1, -0.05) is 0 Å². The molecule has 0 unspecified atom stereocenters. The molecule has 1 aliphatic heterocycles. The third-order valence-electron chi connectivity index (χ3n) is 3.95. The lowest BCUT2D eigenvalue weighted by molar-refractivity contribution is -0.00725. The zero-order valence-corrected chi connectivity index (χ0v) is 14.7. The van der Waals surface area contributed by atoms with Crippen molar-refractivity contribution in [3.63, 3.8) is 0 Å². The van der Waals surface area contributed by atoms with E-state index in [-0.39, 0.29) is 18.1 Å². The lowest BCUT2D eigenvalue weighted by Crippen LogP contribution is -2.56. The van der Waals surface area contributed by atoms with E-state index < -0.39 is 6.09 Å². The van der Waals surface area contributed by atoms with Crippen molar-refractivity contribution in [2.75, 3.05) is 19.7 Å². The number of aromatic amines is 1. The van der Waals surface area contributed by atoms with Crippen LogP contribution in [-0.4, -0.2) is 53.7 Å². The van der Waals surface area contributed by atoms with Gasteiger partial charge in [-0.25, -0.2) is 4.79 Å². The van der Waals surface area contributed by atoms with E-state index in [0.717, 1.165) is 16.7 Å². The minimum Gasteiger partial charge on any atom is -0.494 e. The van der Waals surface area contributed by atoms with Crippen LogP contribution in [0.15, 0.2) is 24.3 Å². The summed E-state index contributed by atoms with van der Waals surface area (Å²) in [5.41, 5.74) is 1.38. The summed E-state index contributed by atoms with van der Waals surface area (Å²) in [7, 11) is 0. The topological polar surface area (TPSA) is 83.7 Å². The molecule has 0 bridgehead atoms. The predicted octanol–water partition coefficient (Wildman–Crippen LogP) is 2.53. The molecule has 25 heavy (non-hydrogen) atoms. The highest BCUT2D eigenvalue weighted by Gasteiger charge is 2.34. The Morgan fingerprint density at radius 2 is 2.08 bits per heavy atom. The minimum atomic E-state index is -0.443. The fourth-order valence-electron chi connectivity index (χ4n) is 2.75. The SMILES string of the molecule is CCOc1ccc2cc(C(=O)N3CC(OC(=O)NC(C)C)C3)[nH]c2c1. The van der Waals surface area contributed by atoms with Crippen molar-refractivity contribution >= 4 is 22.9 Å².